The zero-order valence-electron chi connectivity index (χ0n) is 19.2. The fraction of sp³-hybridized carbons (Fsp3) is 0.636. The zero-order chi connectivity index (χ0) is 21.5. The van der Waals surface area contributed by atoms with E-state index in [1.807, 2.05) is 18.3 Å². The van der Waals surface area contributed by atoms with Crippen molar-refractivity contribution >= 4 is 52.6 Å². The van der Waals surface area contributed by atoms with Crippen molar-refractivity contribution in [1.29, 1.82) is 0 Å². The number of aromatic nitrogens is 1. The lowest BCUT2D eigenvalue weighted by Crippen LogP contribution is -2.40. The van der Waals surface area contributed by atoms with Crippen LogP contribution in [0.4, 0.5) is 0 Å². The van der Waals surface area contributed by atoms with E-state index in [0.29, 0.717) is 12.0 Å². The Labute approximate surface area is 212 Å². The molecule has 3 atom stereocenters. The first-order valence-electron chi connectivity index (χ1n) is 10.7. The summed E-state index contributed by atoms with van der Waals surface area (Å²) in [5.74, 6) is 1.49. The van der Waals surface area contributed by atoms with Crippen LogP contribution in [-0.2, 0) is 11.3 Å². The maximum Gasteiger partial charge on any atom is 0.194 e. The second-order valence-corrected chi connectivity index (χ2v) is 9.82. The summed E-state index contributed by atoms with van der Waals surface area (Å²) in [6, 6.07) is 4.89. The van der Waals surface area contributed by atoms with Crippen LogP contribution in [0.25, 0.3) is 0 Å². The second kappa shape index (κ2) is 13.1. The van der Waals surface area contributed by atoms with Gasteiger partial charge in [-0.05, 0) is 57.6 Å². The highest BCUT2D eigenvalue weighted by molar-refractivity contribution is 14.0. The van der Waals surface area contributed by atoms with E-state index >= 15 is 0 Å². The number of aliphatic imine (C=N–C) groups is 1. The van der Waals surface area contributed by atoms with Crippen molar-refractivity contribution in [3.8, 4) is 0 Å². The number of hydrogen-bond donors (Lipinski definition) is 1. The number of nitrogens with zero attached hydrogens (tertiary/aromatic N) is 4. The number of halogens is 1. The Morgan fingerprint density at radius 3 is 2.94 bits per heavy atom. The molecule has 0 saturated carbocycles. The summed E-state index contributed by atoms with van der Waals surface area (Å²) >= 11 is 3.52. The maximum atomic E-state index is 5.39. The van der Waals surface area contributed by atoms with Gasteiger partial charge in [-0.2, -0.15) is 0 Å². The summed E-state index contributed by atoms with van der Waals surface area (Å²) in [7, 11) is 6.06. The Kier molecular flexibility index (Phi) is 11.2. The Hall–Kier alpha value is -0.750. The number of piperidine rings is 1. The fourth-order valence-corrected chi connectivity index (χ4v) is 5.86. The third kappa shape index (κ3) is 7.12. The summed E-state index contributed by atoms with van der Waals surface area (Å²) in [6.07, 6.45) is 2.50. The molecule has 2 aromatic heterocycles. The monoisotopic (exact) mass is 577 g/mol. The lowest BCUT2D eigenvalue weighted by Gasteiger charge is -2.38. The van der Waals surface area contributed by atoms with Crippen LogP contribution in [0.5, 0.6) is 0 Å². The van der Waals surface area contributed by atoms with Crippen molar-refractivity contribution < 1.29 is 4.74 Å². The molecule has 6 nitrogen and oxygen atoms in total. The van der Waals surface area contributed by atoms with Crippen LogP contribution < -0.4 is 5.32 Å². The van der Waals surface area contributed by atoms with Gasteiger partial charge < -0.3 is 15.0 Å². The van der Waals surface area contributed by atoms with Gasteiger partial charge in [0.1, 0.15) is 11.1 Å². The Morgan fingerprint density at radius 1 is 1.45 bits per heavy atom. The first-order chi connectivity index (χ1) is 14.5. The van der Waals surface area contributed by atoms with Crippen molar-refractivity contribution in [2.24, 2.45) is 10.9 Å². The van der Waals surface area contributed by atoms with Gasteiger partial charge >= 0.3 is 0 Å². The van der Waals surface area contributed by atoms with Gasteiger partial charge in [-0.3, -0.25) is 9.89 Å². The molecule has 0 aliphatic carbocycles. The first-order valence-corrected chi connectivity index (χ1v) is 12.5. The quantitative estimate of drug-likeness (QED) is 0.272. The van der Waals surface area contributed by atoms with Gasteiger partial charge in [-0.1, -0.05) is 6.07 Å². The number of thiophene rings is 1. The van der Waals surface area contributed by atoms with Gasteiger partial charge in [-0.25, -0.2) is 4.98 Å². The van der Waals surface area contributed by atoms with Gasteiger partial charge in [-0.15, -0.1) is 46.7 Å². The third-order valence-corrected chi connectivity index (χ3v) is 7.68. The molecular formula is C22H36IN5OS2. The normalized spacial score (nSPS) is 20.9. The molecule has 174 valence electrons. The van der Waals surface area contributed by atoms with Crippen molar-refractivity contribution in [2.45, 2.75) is 45.4 Å². The van der Waals surface area contributed by atoms with Crippen LogP contribution >= 0.6 is 46.7 Å². The van der Waals surface area contributed by atoms with E-state index in [-0.39, 0.29) is 30.1 Å². The van der Waals surface area contributed by atoms with Crippen LogP contribution in [0, 0.1) is 5.92 Å². The Morgan fingerprint density at radius 2 is 2.26 bits per heavy atom. The maximum absolute atomic E-state index is 5.39. The molecule has 1 N–H and O–H groups in total. The average molecular weight is 578 g/mol. The third-order valence-electron chi connectivity index (χ3n) is 5.68. The number of hydrogen-bond acceptors (Lipinski definition) is 6. The number of thiazole rings is 1. The second-order valence-electron chi connectivity index (χ2n) is 7.95. The molecule has 0 radical (unpaired) electrons. The summed E-state index contributed by atoms with van der Waals surface area (Å²) in [5, 5.41) is 8.78. The van der Waals surface area contributed by atoms with E-state index in [0.717, 1.165) is 42.8 Å². The summed E-state index contributed by atoms with van der Waals surface area (Å²) in [5.41, 5.74) is 1.06. The summed E-state index contributed by atoms with van der Waals surface area (Å²) in [4.78, 5) is 15.9. The minimum absolute atomic E-state index is 0. The average Bonchev–Trinajstić information content (AvgIpc) is 3.42. The summed E-state index contributed by atoms with van der Waals surface area (Å²) in [6.45, 7) is 7.73. The Balaban J connectivity index is 0.00000341. The van der Waals surface area contributed by atoms with Crippen LogP contribution in [0.15, 0.2) is 27.9 Å². The van der Waals surface area contributed by atoms with Crippen molar-refractivity contribution in [3.63, 3.8) is 0 Å². The molecule has 0 spiro atoms. The number of rotatable bonds is 8. The standard InChI is InChI=1S/C22H35N5OS2.HI/c1-6-23-22(27(4)14-18-15-30-21(25-18)16(2)28-5)24-13-17-9-7-11-26(3)20(17)19-10-8-12-29-19;/h8,10,12,15-17,20H,6-7,9,11,13-14H2,1-5H3,(H,23,24);1H. The molecule has 3 unspecified atom stereocenters. The largest absolute Gasteiger partial charge is 0.375 e. The molecule has 3 rings (SSSR count). The predicted molar refractivity (Wildman–Crippen MR) is 143 cm³/mol. The molecule has 0 bridgehead atoms. The molecule has 9 heteroatoms. The molecule has 31 heavy (non-hydrogen) atoms. The highest BCUT2D eigenvalue weighted by Gasteiger charge is 2.31. The van der Waals surface area contributed by atoms with E-state index < -0.39 is 0 Å². The fourth-order valence-electron chi connectivity index (χ4n) is 4.03. The van der Waals surface area contributed by atoms with E-state index in [2.05, 4.69) is 59.0 Å². The minimum atomic E-state index is 0. The predicted octanol–water partition coefficient (Wildman–Crippen LogP) is 5.01. The van der Waals surface area contributed by atoms with Gasteiger partial charge in [0.05, 0.1) is 12.2 Å². The van der Waals surface area contributed by atoms with Crippen LogP contribution in [0.3, 0.4) is 0 Å². The molecule has 1 saturated heterocycles. The number of methoxy groups -OCH3 is 1. The van der Waals surface area contributed by atoms with E-state index in [4.69, 9.17) is 14.7 Å². The smallest absolute Gasteiger partial charge is 0.194 e. The lowest BCUT2D eigenvalue weighted by molar-refractivity contribution is 0.119. The molecule has 1 fully saturated rings. The molecule has 2 aromatic rings. The van der Waals surface area contributed by atoms with E-state index in [1.54, 1.807) is 18.4 Å². The molecular weight excluding hydrogens is 541 g/mol. The molecule has 0 aromatic carbocycles. The summed E-state index contributed by atoms with van der Waals surface area (Å²) < 4.78 is 5.39. The molecule has 3 heterocycles. The molecule has 1 aliphatic heterocycles. The highest BCUT2D eigenvalue weighted by Crippen LogP contribution is 2.37. The lowest BCUT2D eigenvalue weighted by atomic mass is 9.88. The molecule has 0 amide bonds. The Bertz CT molecular complexity index is 798. The van der Waals surface area contributed by atoms with Gasteiger partial charge in [0.15, 0.2) is 5.96 Å². The highest BCUT2D eigenvalue weighted by atomic mass is 127. The van der Waals surface area contributed by atoms with Gasteiger partial charge in [0.25, 0.3) is 0 Å². The first kappa shape index (κ1) is 26.5. The minimum Gasteiger partial charge on any atom is -0.375 e. The van der Waals surface area contributed by atoms with Crippen molar-refractivity contribution in [3.05, 3.63) is 38.5 Å². The van der Waals surface area contributed by atoms with Gasteiger partial charge in [0.2, 0.25) is 0 Å². The van der Waals surface area contributed by atoms with Gasteiger partial charge in [0, 0.05) is 43.5 Å². The van der Waals surface area contributed by atoms with Crippen LogP contribution in [0.2, 0.25) is 0 Å². The van der Waals surface area contributed by atoms with Crippen LogP contribution in [-0.4, -0.2) is 61.6 Å². The number of guanidine groups is 1. The zero-order valence-corrected chi connectivity index (χ0v) is 23.2. The molecule has 1 aliphatic rings. The SMILES string of the molecule is CCNC(=NCC1CCCN(C)C1c1cccs1)N(C)Cc1csc(C(C)OC)n1.I. The number of likely N-dealkylation sites (tertiary alicyclic amines) is 1. The number of ether oxygens (including phenoxy) is 1. The van der Waals surface area contributed by atoms with E-state index in [1.165, 1.54) is 17.7 Å². The number of nitrogens with one attached hydrogen (secondary N) is 1. The van der Waals surface area contributed by atoms with Crippen molar-refractivity contribution in [1.82, 2.24) is 20.1 Å². The topological polar surface area (TPSA) is 53.0 Å². The van der Waals surface area contributed by atoms with Crippen LogP contribution in [0.1, 0.15) is 54.4 Å². The van der Waals surface area contributed by atoms with E-state index in [9.17, 15) is 0 Å². The van der Waals surface area contributed by atoms with Crippen molar-refractivity contribution in [2.75, 3.05) is 40.8 Å².